The molecule has 0 bridgehead atoms. The van der Waals surface area contributed by atoms with Crippen molar-refractivity contribution in [3.05, 3.63) is 64.7 Å². The Morgan fingerprint density at radius 1 is 1.09 bits per heavy atom. The third kappa shape index (κ3) is 2.49. The number of benzene rings is 2. The zero-order valence-electron chi connectivity index (χ0n) is 11.2. The fraction of sp³-hybridized carbons (Fsp3) is 0.0625. The van der Waals surface area contributed by atoms with Crippen molar-refractivity contribution in [2.75, 3.05) is 0 Å². The van der Waals surface area contributed by atoms with Crippen molar-refractivity contribution < 1.29 is 18.4 Å². The second kappa shape index (κ2) is 5.87. The van der Waals surface area contributed by atoms with E-state index in [1.807, 2.05) is 0 Å². The van der Waals surface area contributed by atoms with Crippen molar-refractivity contribution in [3.63, 3.8) is 0 Å². The van der Waals surface area contributed by atoms with Crippen molar-refractivity contribution >= 4 is 11.6 Å². The Balaban J connectivity index is 2.15. The van der Waals surface area contributed by atoms with Gasteiger partial charge in [-0.1, -0.05) is 28.9 Å². The molecule has 0 atom stereocenters. The van der Waals surface area contributed by atoms with Crippen LogP contribution >= 0.6 is 11.6 Å². The summed E-state index contributed by atoms with van der Waals surface area (Å²) in [6, 6.07) is 10.3. The highest BCUT2D eigenvalue weighted by Gasteiger charge is 2.20. The van der Waals surface area contributed by atoms with E-state index in [2.05, 4.69) is 5.16 Å². The fourth-order valence-electron chi connectivity index (χ4n) is 2.18. The smallest absolute Gasteiger partial charge is 0.174 e. The average Bonchev–Trinajstić information content (AvgIpc) is 2.94. The van der Waals surface area contributed by atoms with Gasteiger partial charge in [0.25, 0.3) is 0 Å². The summed E-state index contributed by atoms with van der Waals surface area (Å²) in [6.45, 7) is -0.377. The molecule has 0 amide bonds. The van der Waals surface area contributed by atoms with Crippen LogP contribution in [0.2, 0.25) is 5.02 Å². The molecule has 112 valence electrons. The molecule has 0 aliphatic heterocycles. The molecule has 3 nitrogen and oxygen atoms in total. The molecule has 0 aliphatic carbocycles. The molecule has 0 saturated carbocycles. The molecule has 6 heteroatoms. The Morgan fingerprint density at radius 3 is 2.55 bits per heavy atom. The Bertz CT molecular complexity index is 833. The van der Waals surface area contributed by atoms with E-state index >= 15 is 0 Å². The molecule has 0 unspecified atom stereocenters. The predicted molar refractivity (Wildman–Crippen MR) is 78.2 cm³/mol. The highest BCUT2D eigenvalue weighted by Crippen LogP contribution is 2.35. The molecular formula is C16H10ClF2NO2. The quantitative estimate of drug-likeness (QED) is 0.776. The maximum atomic E-state index is 13.4. The molecular weight excluding hydrogens is 312 g/mol. The molecule has 0 radical (unpaired) electrons. The number of hydrogen-bond donors (Lipinski definition) is 1. The van der Waals surface area contributed by atoms with Crippen LogP contribution in [0.4, 0.5) is 8.78 Å². The van der Waals surface area contributed by atoms with E-state index in [-0.39, 0.29) is 12.3 Å². The van der Waals surface area contributed by atoms with Gasteiger partial charge in [-0.3, -0.25) is 0 Å². The van der Waals surface area contributed by atoms with Crippen molar-refractivity contribution in [2.24, 2.45) is 0 Å². The first-order chi connectivity index (χ1) is 10.6. The van der Waals surface area contributed by atoms with Crippen LogP contribution < -0.4 is 0 Å². The van der Waals surface area contributed by atoms with Crippen LogP contribution in [0.15, 0.2) is 47.0 Å². The van der Waals surface area contributed by atoms with Crippen LogP contribution in [0.25, 0.3) is 22.6 Å². The third-order valence-corrected chi connectivity index (χ3v) is 3.59. The normalized spacial score (nSPS) is 10.9. The number of halogens is 3. The maximum Gasteiger partial charge on any atom is 0.174 e. The van der Waals surface area contributed by atoms with Crippen molar-refractivity contribution in [1.29, 1.82) is 0 Å². The van der Waals surface area contributed by atoms with Gasteiger partial charge in [-0.25, -0.2) is 8.78 Å². The minimum Gasteiger partial charge on any atom is -0.391 e. The van der Waals surface area contributed by atoms with Gasteiger partial charge in [-0.05, 0) is 30.3 Å². The molecule has 0 spiro atoms. The molecule has 22 heavy (non-hydrogen) atoms. The molecule has 3 rings (SSSR count). The minimum absolute atomic E-state index is 0.247. The van der Waals surface area contributed by atoms with Crippen molar-refractivity contribution in [1.82, 2.24) is 5.16 Å². The van der Waals surface area contributed by atoms with Gasteiger partial charge in [0.2, 0.25) is 0 Å². The standard InChI is InChI=1S/C16H10ClF2NO2/c17-12-4-2-1-3-10(12)16-11(8-21)15(20-22-16)9-5-6-13(18)14(19)7-9/h1-7,21H,8H2. The summed E-state index contributed by atoms with van der Waals surface area (Å²) in [5, 5.41) is 13.9. The lowest BCUT2D eigenvalue weighted by molar-refractivity contribution is 0.281. The van der Waals surface area contributed by atoms with Crippen LogP contribution in [0.5, 0.6) is 0 Å². The summed E-state index contributed by atoms with van der Waals surface area (Å²) in [6.07, 6.45) is 0. The predicted octanol–water partition coefficient (Wildman–Crippen LogP) is 4.43. The molecule has 0 aliphatic rings. The maximum absolute atomic E-state index is 13.4. The van der Waals surface area contributed by atoms with Gasteiger partial charge in [-0.15, -0.1) is 0 Å². The SMILES string of the molecule is OCc1c(-c2ccc(F)c(F)c2)noc1-c1ccccc1Cl. The van der Waals surface area contributed by atoms with Crippen LogP contribution in [-0.2, 0) is 6.61 Å². The van der Waals surface area contributed by atoms with E-state index in [9.17, 15) is 13.9 Å². The summed E-state index contributed by atoms with van der Waals surface area (Å²) in [4.78, 5) is 0. The topological polar surface area (TPSA) is 46.3 Å². The second-order valence-electron chi connectivity index (χ2n) is 4.61. The lowest BCUT2D eigenvalue weighted by Gasteiger charge is -2.03. The first-order valence-corrected chi connectivity index (χ1v) is 6.79. The lowest BCUT2D eigenvalue weighted by Crippen LogP contribution is -1.91. The first-order valence-electron chi connectivity index (χ1n) is 6.41. The second-order valence-corrected chi connectivity index (χ2v) is 5.01. The Hall–Kier alpha value is -2.24. The summed E-state index contributed by atoms with van der Waals surface area (Å²) in [5.74, 6) is -1.65. The zero-order chi connectivity index (χ0) is 15.7. The summed E-state index contributed by atoms with van der Waals surface area (Å²) in [5.41, 5.74) is 1.48. The van der Waals surface area contributed by atoms with E-state index in [4.69, 9.17) is 16.1 Å². The fourth-order valence-corrected chi connectivity index (χ4v) is 2.40. The van der Waals surface area contributed by atoms with Crippen LogP contribution in [0, 0.1) is 11.6 Å². The molecule has 1 heterocycles. The van der Waals surface area contributed by atoms with Crippen LogP contribution in [-0.4, -0.2) is 10.3 Å². The van der Waals surface area contributed by atoms with Gasteiger partial charge in [-0.2, -0.15) is 0 Å². The minimum atomic E-state index is -0.997. The summed E-state index contributed by atoms with van der Waals surface area (Å²) in [7, 11) is 0. The average molecular weight is 322 g/mol. The number of hydrogen-bond acceptors (Lipinski definition) is 3. The summed E-state index contributed by atoms with van der Waals surface area (Å²) < 4.78 is 31.7. The van der Waals surface area contributed by atoms with Gasteiger partial charge in [0.05, 0.1) is 17.2 Å². The highest BCUT2D eigenvalue weighted by atomic mass is 35.5. The number of rotatable bonds is 3. The largest absolute Gasteiger partial charge is 0.391 e. The van der Waals surface area contributed by atoms with Crippen molar-refractivity contribution in [3.8, 4) is 22.6 Å². The lowest BCUT2D eigenvalue weighted by atomic mass is 10.0. The zero-order valence-corrected chi connectivity index (χ0v) is 11.9. The van der Waals surface area contributed by atoms with Gasteiger partial charge in [0.15, 0.2) is 17.4 Å². The Labute approximate surface area is 129 Å². The first kappa shape index (κ1) is 14.7. The van der Waals surface area contributed by atoms with E-state index in [1.54, 1.807) is 24.3 Å². The van der Waals surface area contributed by atoms with E-state index in [1.165, 1.54) is 6.07 Å². The van der Waals surface area contributed by atoms with Gasteiger partial charge < -0.3 is 9.63 Å². The van der Waals surface area contributed by atoms with E-state index < -0.39 is 11.6 Å². The third-order valence-electron chi connectivity index (χ3n) is 3.26. The monoisotopic (exact) mass is 321 g/mol. The van der Waals surface area contributed by atoms with Crippen LogP contribution in [0.1, 0.15) is 5.56 Å². The van der Waals surface area contributed by atoms with Crippen LogP contribution in [0.3, 0.4) is 0 Å². The van der Waals surface area contributed by atoms with Gasteiger partial charge >= 0.3 is 0 Å². The molecule has 1 aromatic heterocycles. The van der Waals surface area contributed by atoms with Gasteiger partial charge in [0, 0.05) is 11.1 Å². The van der Waals surface area contributed by atoms with Crippen molar-refractivity contribution in [2.45, 2.75) is 6.61 Å². The molecule has 2 aromatic carbocycles. The van der Waals surface area contributed by atoms with Gasteiger partial charge in [0.1, 0.15) is 5.69 Å². The van der Waals surface area contributed by atoms with E-state index in [0.717, 1.165) is 12.1 Å². The number of aliphatic hydroxyl groups excluding tert-OH is 1. The molecule has 3 aromatic rings. The number of aromatic nitrogens is 1. The molecule has 0 saturated heterocycles. The molecule has 1 N–H and O–H groups in total. The highest BCUT2D eigenvalue weighted by molar-refractivity contribution is 6.33. The Kier molecular flexibility index (Phi) is 3.92. The summed E-state index contributed by atoms with van der Waals surface area (Å²) >= 11 is 6.11. The number of aliphatic hydroxyl groups is 1. The molecule has 0 fully saturated rings. The van der Waals surface area contributed by atoms with E-state index in [0.29, 0.717) is 27.5 Å². The Morgan fingerprint density at radius 2 is 1.86 bits per heavy atom. The number of nitrogens with zero attached hydrogens (tertiary/aromatic N) is 1.